The Morgan fingerprint density at radius 1 is 0.158 bits per heavy atom. The highest BCUT2D eigenvalue weighted by atomic mass is 35.5. The van der Waals surface area contributed by atoms with Gasteiger partial charge in [-0.25, -0.2) is 0 Å². The molecule has 0 bridgehead atoms. The average Bonchev–Trinajstić information content (AvgIpc) is 1.50. The number of hydrogen-bond donors (Lipinski definition) is 0. The van der Waals surface area contributed by atoms with Gasteiger partial charge in [-0.05, 0) is 305 Å². The second-order valence-electron chi connectivity index (χ2n) is 27.6. The molecule has 0 heterocycles. The highest BCUT2D eigenvalue weighted by molar-refractivity contribution is 6.77. The second kappa shape index (κ2) is 6.85. The molecule has 0 saturated heterocycles. The van der Waals surface area contributed by atoms with Crippen LogP contribution in [-0.2, 0) is 39.0 Å². The average molecular weight is 1150 g/mol. The molecule has 15 aliphatic carbocycles. The van der Waals surface area contributed by atoms with Gasteiger partial charge in [0.1, 0.15) is 48.7 Å². The molecular weight excluding hydrogens is 1150 g/mol. The number of benzene rings is 15. The highest BCUT2D eigenvalue weighted by Crippen LogP contribution is 2.99. The quantitative estimate of drug-likeness (QED) is 0.105. The van der Waals surface area contributed by atoms with E-state index in [0.717, 1.165) is 122 Å². The maximum Gasteiger partial charge on any atom is 0.123 e. The van der Waals surface area contributed by atoms with Crippen molar-refractivity contribution >= 4 is 315 Å². The summed E-state index contributed by atoms with van der Waals surface area (Å²) in [6.45, 7) is 0. The third-order valence-corrected chi connectivity index (χ3v) is 34.9. The molecule has 35 rings (SSSR count). The van der Waals surface area contributed by atoms with Crippen molar-refractivity contribution in [2.45, 2.75) is 48.7 Å². The first-order chi connectivity index (χ1) is 36.7. The van der Waals surface area contributed by atoms with Gasteiger partial charge in [-0.1, -0.05) is 0 Å². The molecule has 0 nitrogen and oxygen atoms in total. The molecule has 0 aromatic heterocycles. The number of hydrogen-bond acceptors (Lipinski definition) is 0. The van der Waals surface area contributed by atoms with Crippen molar-refractivity contribution in [2.24, 2.45) is 0 Å². The minimum atomic E-state index is -1.67. The largest absolute Gasteiger partial charge is 0.123 e. The molecule has 0 radical (unpaired) electrons. The topological polar surface area (TPSA) is 0 Å². The molecule has 0 spiro atoms. The van der Waals surface area contributed by atoms with Gasteiger partial charge in [0.25, 0.3) is 0 Å². The van der Waals surface area contributed by atoms with Crippen LogP contribution in [0.2, 0.25) is 0 Å². The minimum Gasteiger partial charge on any atom is -0.109 e. The van der Waals surface area contributed by atoms with Crippen molar-refractivity contribution in [2.75, 3.05) is 0 Å². The lowest BCUT2D eigenvalue weighted by Crippen LogP contribution is -2.66. The summed E-state index contributed by atoms with van der Waals surface area (Å²) in [5.41, 5.74) is 19.5. The number of allylic oxidation sites excluding steroid dienone is 2. The first-order valence-electron chi connectivity index (χ1n) is 26.6. The number of alkyl halides is 10. The van der Waals surface area contributed by atoms with Gasteiger partial charge in [-0.2, -0.15) is 0 Å². The summed E-state index contributed by atoms with van der Waals surface area (Å²) in [5.74, 6) is 0. The smallest absolute Gasteiger partial charge is 0.109 e. The van der Waals surface area contributed by atoms with Crippen LogP contribution >= 0.6 is 116 Å². The molecule has 0 unspecified atom stereocenters. The van der Waals surface area contributed by atoms with E-state index in [9.17, 15) is 116 Å². The Kier molecular flexibility index (Phi) is 2.94. The van der Waals surface area contributed by atoms with E-state index in [1.165, 1.54) is 183 Å². The lowest BCUT2D eigenvalue weighted by Gasteiger charge is -2.62. The molecule has 20 aromatic carbocycles. The van der Waals surface area contributed by atoms with E-state index in [0.29, 0.717) is 0 Å². The Morgan fingerprint density at radius 3 is 0.803 bits per heavy atom. The van der Waals surface area contributed by atoms with E-state index in [1.807, 2.05) is 0 Å². The van der Waals surface area contributed by atoms with E-state index >= 15 is 0 Å². The fourth-order valence-corrected chi connectivity index (χ4v) is 33.9. The molecule has 0 N–H and O–H groups in total. The van der Waals surface area contributed by atoms with Crippen LogP contribution in [0.4, 0.5) is 0 Å². The maximum absolute atomic E-state index is 9.57. The summed E-state index contributed by atoms with van der Waals surface area (Å²) in [6, 6.07) is 0. The molecule has 0 aliphatic heterocycles. The standard InChI is InChI=1S/C66Cl10/c67-57-38-29-16-7-3-1-2-4-8(7)17-19-10(4)14-12-6(2)15-5(1)11-13-9(3)18(16)31-33-22(13)24-20(11)27-26(15)28-21(12)25-23(14)34-32(19)41(39(57)30(17)29)59(69)43(34)47-36(25)51-45(28)62(72)44(27)48-35(24)46-42(33)58(68,40(31)38)53-49-37-50(54(59)55(53)57)61(47,71)64(74)52(37)56(63(48,73)60(46,49)70)66(62,76)65(51,64)75/t57-,58+,59-,60-,61+,62+,63+,64-,65+,66+/m1/s1. The highest BCUT2D eigenvalue weighted by Gasteiger charge is 2.97. The van der Waals surface area contributed by atoms with Crippen LogP contribution in [-0.4, -0.2) is 9.75 Å². The molecule has 334 valence electrons. The fourth-order valence-electron chi connectivity index (χ4n) is 27.7. The predicted octanol–water partition coefficient (Wildman–Crippen LogP) is 19.2. The van der Waals surface area contributed by atoms with Crippen LogP contribution in [0.15, 0.2) is 5.57 Å². The third kappa shape index (κ3) is 1.57. The lowest BCUT2D eigenvalue weighted by molar-refractivity contribution is 0.337. The van der Waals surface area contributed by atoms with Crippen LogP contribution in [0.5, 0.6) is 0 Å². The van der Waals surface area contributed by atoms with Gasteiger partial charge in [0.2, 0.25) is 0 Å². The molecule has 15 aliphatic rings. The van der Waals surface area contributed by atoms with E-state index in [2.05, 4.69) is 0 Å². The van der Waals surface area contributed by atoms with Gasteiger partial charge < -0.3 is 0 Å². The van der Waals surface area contributed by atoms with E-state index < -0.39 is 48.7 Å². The van der Waals surface area contributed by atoms with Gasteiger partial charge in [0.05, 0.1) is 0 Å². The van der Waals surface area contributed by atoms with Gasteiger partial charge in [0, 0.05) is 0 Å². The van der Waals surface area contributed by atoms with Gasteiger partial charge >= 0.3 is 0 Å². The third-order valence-electron chi connectivity index (χ3n) is 27.8. The SMILES string of the molecule is Cl[C@@]12c3c4c5c6c7c3[C@@]3(Cl)c8c9c%10c%11c%12c%13c%14c%15c%16c%17c%18c(c%19c%20c%21c(c1c1c%22c2c3c2c8c3c%10c%13c8c3c3c2c%22c2c%10c1c%21c1c%13c%20c%18c%15c%13c%13c%14c8c(c32)c%13c1%10)[C@]4%19Cl)[C@@]5(Cl)[C@]1(Cl)C6=C([C@](Cl)([C@@]%16%12Cl)[C@]%171Cl)[C@]%11(Cl)[C@]79Cl. The summed E-state index contributed by atoms with van der Waals surface area (Å²) in [6.07, 6.45) is 0. The Hall–Kier alpha value is -4.38. The monoisotopic (exact) mass is 1140 g/mol. The van der Waals surface area contributed by atoms with Gasteiger partial charge in [0.15, 0.2) is 0 Å². The van der Waals surface area contributed by atoms with Gasteiger partial charge in [-0.15, -0.1) is 116 Å². The molecule has 20 aromatic rings. The van der Waals surface area contributed by atoms with Crippen LogP contribution < -0.4 is 0 Å². The summed E-state index contributed by atoms with van der Waals surface area (Å²) in [7, 11) is 0. The zero-order valence-corrected chi connectivity index (χ0v) is 44.3. The second-order valence-corrected chi connectivity index (χ2v) is 33.3. The summed E-state index contributed by atoms with van der Waals surface area (Å²) >= 11 is 95.2. The maximum atomic E-state index is 9.57. The zero-order chi connectivity index (χ0) is 47.3. The fraction of sp³-hybridized carbons (Fsp3) is 0.152. The van der Waals surface area contributed by atoms with Crippen LogP contribution in [0.25, 0.3) is 199 Å². The van der Waals surface area contributed by atoms with Crippen molar-refractivity contribution in [1.29, 1.82) is 0 Å². The Labute approximate surface area is 465 Å². The Balaban J connectivity index is 1.17. The number of rotatable bonds is 0. The summed E-state index contributed by atoms with van der Waals surface area (Å²) in [5, 5.41) is 47.1. The lowest BCUT2D eigenvalue weighted by atomic mass is 9.50. The van der Waals surface area contributed by atoms with Gasteiger partial charge in [-0.3, -0.25) is 0 Å². The van der Waals surface area contributed by atoms with Crippen LogP contribution in [0, 0.1) is 0 Å². The Bertz CT molecular complexity index is 7350. The van der Waals surface area contributed by atoms with Crippen molar-refractivity contribution in [3.8, 4) is 0 Å². The summed E-state index contributed by atoms with van der Waals surface area (Å²) < 4.78 is 0. The molecule has 10 heteroatoms. The first-order valence-corrected chi connectivity index (χ1v) is 30.4. The molecule has 0 amide bonds. The molecule has 0 saturated carbocycles. The molecule has 0 fully saturated rings. The Morgan fingerprint density at radius 2 is 0.395 bits per heavy atom. The van der Waals surface area contributed by atoms with Crippen LogP contribution in [0.1, 0.15) is 100 Å². The van der Waals surface area contributed by atoms with E-state index in [1.54, 1.807) is 0 Å². The number of halogens is 10. The normalized spacial score (nSPS) is 39.4. The first kappa shape index (κ1) is 32.6. The predicted molar refractivity (Wildman–Crippen MR) is 312 cm³/mol. The molecule has 10 atom stereocenters. The van der Waals surface area contributed by atoms with Crippen molar-refractivity contribution < 1.29 is 0 Å². The molecular formula is C66Cl10. The minimum absolute atomic E-state index is 0.728. The zero-order valence-electron chi connectivity index (χ0n) is 36.8. The summed E-state index contributed by atoms with van der Waals surface area (Å²) in [4.78, 5) is -14.8. The van der Waals surface area contributed by atoms with Crippen LogP contribution in [0.3, 0.4) is 0 Å². The van der Waals surface area contributed by atoms with E-state index in [-0.39, 0.29) is 0 Å². The van der Waals surface area contributed by atoms with Crippen molar-refractivity contribution in [1.82, 2.24) is 0 Å². The molecule has 76 heavy (non-hydrogen) atoms. The van der Waals surface area contributed by atoms with Crippen molar-refractivity contribution in [3.63, 3.8) is 0 Å². The van der Waals surface area contributed by atoms with Crippen molar-refractivity contribution in [3.05, 3.63) is 106 Å². The van der Waals surface area contributed by atoms with E-state index in [4.69, 9.17) is 0 Å².